The number of rotatable bonds is 9. The van der Waals surface area contributed by atoms with E-state index in [9.17, 15) is 14.3 Å². The number of ether oxygens (including phenoxy) is 2. The predicted molar refractivity (Wildman–Crippen MR) is 154 cm³/mol. The number of aromatic nitrogens is 3. The van der Waals surface area contributed by atoms with Crippen molar-refractivity contribution in [2.75, 3.05) is 13.7 Å². The molecule has 1 aliphatic carbocycles. The van der Waals surface area contributed by atoms with Gasteiger partial charge in [-0.3, -0.25) is 0 Å². The van der Waals surface area contributed by atoms with Gasteiger partial charge in [-0.15, -0.1) is 0 Å². The highest BCUT2D eigenvalue weighted by Crippen LogP contribution is 2.40. The lowest BCUT2D eigenvalue weighted by atomic mass is 9.98. The SMILES string of the molecule is COCCn1c(C2CCc3cc(-c4cccc(OCc5ccc(C#N)cc5F)n4)ccc32)nc2ccc(C(=O)O)cc21. The van der Waals surface area contributed by atoms with Crippen molar-refractivity contribution < 1.29 is 23.8 Å². The lowest BCUT2D eigenvalue weighted by Crippen LogP contribution is -2.12. The zero-order chi connectivity index (χ0) is 29.2. The highest BCUT2D eigenvalue weighted by atomic mass is 19.1. The summed E-state index contributed by atoms with van der Waals surface area (Å²) in [6, 6.07) is 23.0. The fraction of sp³-hybridized carbons (Fsp3) is 0.212. The number of aryl methyl sites for hydroxylation is 1. The van der Waals surface area contributed by atoms with E-state index in [-0.39, 0.29) is 23.7 Å². The maximum absolute atomic E-state index is 14.3. The third-order valence-corrected chi connectivity index (χ3v) is 7.65. The molecule has 210 valence electrons. The van der Waals surface area contributed by atoms with Crippen molar-refractivity contribution in [3.8, 4) is 23.2 Å². The third kappa shape index (κ3) is 5.20. The minimum atomic E-state index is -0.971. The molecule has 0 saturated heterocycles. The van der Waals surface area contributed by atoms with Crippen LogP contribution in [0.25, 0.3) is 22.3 Å². The number of hydrogen-bond acceptors (Lipinski definition) is 6. The summed E-state index contributed by atoms with van der Waals surface area (Å²) in [5, 5.41) is 18.5. The molecular formula is C33H27FN4O4. The molecule has 5 aromatic rings. The summed E-state index contributed by atoms with van der Waals surface area (Å²) in [5.74, 6) is -0.115. The average molecular weight is 563 g/mol. The molecule has 0 saturated carbocycles. The Hall–Kier alpha value is -5.07. The fourth-order valence-corrected chi connectivity index (χ4v) is 5.54. The lowest BCUT2D eigenvalue weighted by molar-refractivity contribution is 0.0697. The minimum absolute atomic E-state index is 0.00209. The van der Waals surface area contributed by atoms with Crippen molar-refractivity contribution in [1.29, 1.82) is 5.26 Å². The second-order valence-corrected chi connectivity index (χ2v) is 10.2. The Morgan fingerprint density at radius 3 is 2.79 bits per heavy atom. The molecule has 0 fully saturated rings. The Balaban J connectivity index is 1.26. The highest BCUT2D eigenvalue weighted by molar-refractivity contribution is 5.92. The van der Waals surface area contributed by atoms with Crippen LogP contribution in [0.3, 0.4) is 0 Å². The topological polar surface area (TPSA) is 110 Å². The number of carboxylic acid groups (broad SMARTS) is 1. The predicted octanol–water partition coefficient (Wildman–Crippen LogP) is 6.11. The Bertz CT molecular complexity index is 1860. The summed E-state index contributed by atoms with van der Waals surface area (Å²) in [5.41, 5.74) is 6.47. The van der Waals surface area contributed by atoms with Gasteiger partial charge >= 0.3 is 5.97 Å². The molecular weight excluding hydrogens is 535 g/mol. The third-order valence-electron chi connectivity index (χ3n) is 7.65. The average Bonchev–Trinajstić information content (AvgIpc) is 3.59. The van der Waals surface area contributed by atoms with Crippen LogP contribution >= 0.6 is 0 Å². The van der Waals surface area contributed by atoms with Gasteiger partial charge in [0.2, 0.25) is 5.88 Å². The summed E-state index contributed by atoms with van der Waals surface area (Å²) in [6.07, 6.45) is 1.75. The van der Waals surface area contributed by atoms with E-state index in [1.807, 2.05) is 24.3 Å². The van der Waals surface area contributed by atoms with Crippen molar-refractivity contribution in [2.24, 2.45) is 0 Å². The van der Waals surface area contributed by atoms with Gasteiger partial charge in [0.15, 0.2) is 0 Å². The largest absolute Gasteiger partial charge is 0.478 e. The van der Waals surface area contributed by atoms with E-state index in [4.69, 9.17) is 19.7 Å². The molecule has 8 nitrogen and oxygen atoms in total. The summed E-state index contributed by atoms with van der Waals surface area (Å²) < 4.78 is 27.5. The van der Waals surface area contributed by atoms with Crippen LogP contribution in [0, 0.1) is 17.1 Å². The smallest absolute Gasteiger partial charge is 0.335 e. The molecule has 42 heavy (non-hydrogen) atoms. The van der Waals surface area contributed by atoms with Gasteiger partial charge in [-0.2, -0.15) is 5.26 Å². The molecule has 0 spiro atoms. The standard InChI is InChI=1S/C33H27FN4O4/c1-41-14-13-38-30-17-23(33(39)40)9-12-29(30)37-32(38)26-11-7-21-16-22(8-10-25(21)26)28-3-2-4-31(36-28)42-19-24-6-5-20(18-35)15-27(24)34/h2-6,8-10,12,15-17,26H,7,11,13-14,19H2,1H3,(H,39,40). The van der Waals surface area contributed by atoms with Gasteiger partial charge in [-0.25, -0.2) is 19.2 Å². The quantitative estimate of drug-likeness (QED) is 0.231. The number of benzene rings is 3. The van der Waals surface area contributed by atoms with Crippen LogP contribution in [0.15, 0.2) is 72.8 Å². The lowest BCUT2D eigenvalue weighted by Gasteiger charge is -2.15. The number of nitrogens with zero attached hydrogens (tertiary/aromatic N) is 4. The van der Waals surface area contributed by atoms with Crippen molar-refractivity contribution in [2.45, 2.75) is 31.9 Å². The molecule has 2 heterocycles. The van der Waals surface area contributed by atoms with Crippen molar-refractivity contribution in [3.05, 3.63) is 112 Å². The molecule has 9 heteroatoms. The summed E-state index contributed by atoms with van der Waals surface area (Å²) in [7, 11) is 1.65. The number of nitriles is 1. The van der Waals surface area contributed by atoms with E-state index in [1.165, 1.54) is 17.2 Å². The van der Waals surface area contributed by atoms with Crippen LogP contribution in [-0.2, 0) is 24.3 Å². The van der Waals surface area contributed by atoms with Crippen molar-refractivity contribution >= 4 is 17.0 Å². The first-order chi connectivity index (χ1) is 20.4. The van der Waals surface area contributed by atoms with Gasteiger partial charge in [-0.05, 0) is 66.4 Å². The molecule has 1 aliphatic rings. The number of imidazole rings is 1. The van der Waals surface area contributed by atoms with Gasteiger partial charge in [0, 0.05) is 36.8 Å². The number of pyridine rings is 1. The molecule has 0 radical (unpaired) electrons. The van der Waals surface area contributed by atoms with Gasteiger partial charge in [0.25, 0.3) is 0 Å². The fourth-order valence-electron chi connectivity index (χ4n) is 5.54. The van der Waals surface area contributed by atoms with Gasteiger partial charge in [0.05, 0.1) is 40.5 Å². The van der Waals surface area contributed by atoms with Gasteiger partial charge in [0.1, 0.15) is 18.2 Å². The second kappa shape index (κ2) is 11.4. The molecule has 1 N–H and O–H groups in total. The number of methoxy groups -OCH3 is 1. The number of aromatic carboxylic acids is 1. The first-order valence-corrected chi connectivity index (χ1v) is 13.6. The first-order valence-electron chi connectivity index (χ1n) is 13.6. The molecule has 1 atom stereocenters. The van der Waals surface area contributed by atoms with Crippen LogP contribution in [0.4, 0.5) is 4.39 Å². The number of hydrogen-bond donors (Lipinski definition) is 1. The Kier molecular flexibility index (Phi) is 7.38. The summed E-state index contributed by atoms with van der Waals surface area (Å²) in [4.78, 5) is 21.2. The van der Waals surface area contributed by atoms with Crippen molar-refractivity contribution in [1.82, 2.24) is 14.5 Å². The van der Waals surface area contributed by atoms with E-state index in [0.717, 1.165) is 41.0 Å². The molecule has 1 unspecified atom stereocenters. The molecule has 3 aromatic carbocycles. The first kappa shape index (κ1) is 27.1. The monoisotopic (exact) mass is 562 g/mol. The Morgan fingerprint density at radius 1 is 1.12 bits per heavy atom. The van der Waals surface area contributed by atoms with Crippen molar-refractivity contribution in [3.63, 3.8) is 0 Å². The van der Waals surface area contributed by atoms with E-state index in [1.54, 1.807) is 43.5 Å². The van der Waals surface area contributed by atoms with Crippen LogP contribution in [0.5, 0.6) is 5.88 Å². The number of fused-ring (bicyclic) bond motifs is 2. The Morgan fingerprint density at radius 2 is 2.00 bits per heavy atom. The van der Waals surface area contributed by atoms with E-state index >= 15 is 0 Å². The maximum Gasteiger partial charge on any atom is 0.335 e. The highest BCUT2D eigenvalue weighted by Gasteiger charge is 2.29. The van der Waals surface area contributed by atoms with Crippen LogP contribution in [0.1, 0.15) is 50.8 Å². The molecule has 6 rings (SSSR count). The molecule has 0 amide bonds. The second-order valence-electron chi connectivity index (χ2n) is 10.2. The number of carbonyl (C=O) groups is 1. The van der Waals surface area contributed by atoms with Crippen LogP contribution in [0.2, 0.25) is 0 Å². The summed E-state index contributed by atoms with van der Waals surface area (Å²) in [6.45, 7) is 1.05. The summed E-state index contributed by atoms with van der Waals surface area (Å²) >= 11 is 0. The zero-order valence-electron chi connectivity index (χ0n) is 22.9. The van der Waals surface area contributed by atoms with E-state index in [2.05, 4.69) is 21.7 Å². The van der Waals surface area contributed by atoms with Crippen LogP contribution in [-0.4, -0.2) is 39.3 Å². The molecule has 0 bridgehead atoms. The minimum Gasteiger partial charge on any atom is -0.478 e. The Labute approximate surface area is 241 Å². The maximum atomic E-state index is 14.3. The number of carboxylic acids is 1. The van der Waals surface area contributed by atoms with E-state index < -0.39 is 11.8 Å². The number of halogens is 1. The van der Waals surface area contributed by atoms with Crippen LogP contribution < -0.4 is 4.74 Å². The van der Waals surface area contributed by atoms with Gasteiger partial charge < -0.3 is 19.1 Å². The van der Waals surface area contributed by atoms with E-state index in [0.29, 0.717) is 24.6 Å². The zero-order valence-corrected chi connectivity index (χ0v) is 22.9. The van der Waals surface area contributed by atoms with Gasteiger partial charge in [-0.1, -0.05) is 24.3 Å². The normalized spacial score (nSPS) is 14.1. The molecule has 0 aliphatic heterocycles. The molecule has 2 aromatic heterocycles.